The van der Waals surface area contributed by atoms with Gasteiger partial charge in [-0.25, -0.2) is 4.79 Å². The van der Waals surface area contributed by atoms with Crippen LogP contribution in [0.4, 0.5) is 4.79 Å². The van der Waals surface area contributed by atoms with Gasteiger partial charge in [-0.05, 0) is 41.0 Å². The summed E-state index contributed by atoms with van der Waals surface area (Å²) in [5, 5.41) is 14.8. The number of benzene rings is 2. The third kappa shape index (κ3) is 4.58. The molecule has 2 aromatic carbocycles. The van der Waals surface area contributed by atoms with Crippen LogP contribution < -0.4 is 10.6 Å². The van der Waals surface area contributed by atoms with Gasteiger partial charge in [0.1, 0.15) is 12.6 Å². The number of ether oxygens (including phenoxy) is 1. The highest BCUT2D eigenvalue weighted by molar-refractivity contribution is 5.87. The van der Waals surface area contributed by atoms with Crippen molar-refractivity contribution in [2.75, 3.05) is 13.2 Å². The molecule has 2 aromatic rings. The van der Waals surface area contributed by atoms with Gasteiger partial charge in [0.05, 0.1) is 5.41 Å². The average Bonchev–Trinajstić information content (AvgIpc) is 3.56. The van der Waals surface area contributed by atoms with Crippen molar-refractivity contribution in [3.8, 4) is 11.1 Å². The van der Waals surface area contributed by atoms with Gasteiger partial charge in [-0.1, -0.05) is 68.8 Å². The highest BCUT2D eigenvalue weighted by atomic mass is 16.5. The molecule has 3 N–H and O–H groups in total. The molecular weight excluding hydrogens is 420 g/mol. The van der Waals surface area contributed by atoms with Crippen LogP contribution in [0.15, 0.2) is 48.5 Å². The first-order valence-corrected chi connectivity index (χ1v) is 11.5. The molecule has 4 rings (SSSR count). The van der Waals surface area contributed by atoms with Crippen molar-refractivity contribution in [3.63, 3.8) is 0 Å². The predicted octanol–water partition coefficient (Wildman–Crippen LogP) is 3.92. The number of amides is 2. The number of rotatable bonds is 9. The molecule has 7 nitrogen and oxygen atoms in total. The minimum Gasteiger partial charge on any atom is -0.481 e. The number of fused-ring (bicyclic) bond motifs is 3. The van der Waals surface area contributed by atoms with Crippen molar-refractivity contribution in [1.82, 2.24) is 10.6 Å². The second-order valence-electron chi connectivity index (χ2n) is 9.14. The van der Waals surface area contributed by atoms with Crippen LogP contribution in [0.3, 0.4) is 0 Å². The smallest absolute Gasteiger partial charge is 0.407 e. The topological polar surface area (TPSA) is 105 Å². The lowest BCUT2D eigenvalue weighted by atomic mass is 9.97. The normalized spacial score (nSPS) is 17.3. The number of carbonyl (C=O) groups excluding carboxylic acids is 2. The first-order valence-electron chi connectivity index (χ1n) is 11.5. The molecule has 33 heavy (non-hydrogen) atoms. The van der Waals surface area contributed by atoms with Gasteiger partial charge >= 0.3 is 12.1 Å². The molecule has 0 aliphatic heterocycles. The van der Waals surface area contributed by atoms with Crippen LogP contribution in [0, 0.1) is 11.3 Å². The zero-order chi connectivity index (χ0) is 23.6. The molecular formula is C26H30N2O5. The fourth-order valence-electron chi connectivity index (χ4n) is 4.45. The van der Waals surface area contributed by atoms with Gasteiger partial charge in [0.25, 0.3) is 0 Å². The first kappa shape index (κ1) is 22.8. The Morgan fingerprint density at radius 2 is 1.64 bits per heavy atom. The Morgan fingerprint density at radius 3 is 2.15 bits per heavy atom. The van der Waals surface area contributed by atoms with Crippen LogP contribution in [0.2, 0.25) is 0 Å². The van der Waals surface area contributed by atoms with Crippen molar-refractivity contribution in [2.24, 2.45) is 11.3 Å². The SMILES string of the molecule is CC[C@H](C)[C@H](NC(=O)OCC1c2ccccc2-c2ccccc21)C(=O)NCC1(C(=O)O)CC1. The zero-order valence-corrected chi connectivity index (χ0v) is 19.0. The summed E-state index contributed by atoms with van der Waals surface area (Å²) in [6, 6.07) is 15.4. The maximum Gasteiger partial charge on any atom is 0.407 e. The summed E-state index contributed by atoms with van der Waals surface area (Å²) in [7, 11) is 0. The number of nitrogens with one attached hydrogen (secondary N) is 2. The summed E-state index contributed by atoms with van der Waals surface area (Å²) in [4.78, 5) is 36.8. The van der Waals surface area contributed by atoms with Crippen molar-refractivity contribution in [3.05, 3.63) is 59.7 Å². The van der Waals surface area contributed by atoms with Gasteiger partial charge in [-0.3, -0.25) is 9.59 Å². The largest absolute Gasteiger partial charge is 0.481 e. The van der Waals surface area contributed by atoms with Crippen molar-refractivity contribution in [1.29, 1.82) is 0 Å². The molecule has 2 atom stereocenters. The van der Waals surface area contributed by atoms with Gasteiger partial charge in [-0.15, -0.1) is 0 Å². The van der Waals surface area contributed by atoms with E-state index in [2.05, 4.69) is 22.8 Å². The maximum absolute atomic E-state index is 12.8. The molecule has 0 unspecified atom stereocenters. The lowest BCUT2D eigenvalue weighted by Crippen LogP contribution is -2.51. The quantitative estimate of drug-likeness (QED) is 0.537. The number of alkyl carbamates (subject to hydrolysis) is 1. The fourth-order valence-corrected chi connectivity index (χ4v) is 4.45. The summed E-state index contributed by atoms with van der Waals surface area (Å²) in [6.45, 7) is 4.04. The number of aliphatic carboxylic acids is 1. The molecule has 2 aliphatic carbocycles. The third-order valence-corrected chi connectivity index (χ3v) is 7.02. The number of hydrogen-bond acceptors (Lipinski definition) is 4. The Hall–Kier alpha value is -3.35. The summed E-state index contributed by atoms with van der Waals surface area (Å²) < 4.78 is 5.59. The van der Waals surface area contributed by atoms with E-state index in [9.17, 15) is 19.5 Å². The van der Waals surface area contributed by atoms with Crippen LogP contribution in [-0.4, -0.2) is 42.3 Å². The Morgan fingerprint density at radius 1 is 1.06 bits per heavy atom. The predicted molar refractivity (Wildman–Crippen MR) is 124 cm³/mol. The van der Waals surface area contributed by atoms with Gasteiger partial charge in [-0.2, -0.15) is 0 Å². The van der Waals surface area contributed by atoms with E-state index in [4.69, 9.17) is 4.74 Å². The maximum atomic E-state index is 12.8. The standard InChI is InChI=1S/C26H30N2O5/c1-3-16(2)22(23(29)27-15-26(12-13-26)24(30)31)28-25(32)33-14-21-19-10-6-4-8-17(19)18-9-5-7-11-20(18)21/h4-11,16,21-22H,3,12-15H2,1-2H3,(H,27,29)(H,28,32)(H,30,31)/t16-,22-/m0/s1. The monoisotopic (exact) mass is 450 g/mol. The Labute approximate surface area is 193 Å². The lowest BCUT2D eigenvalue weighted by molar-refractivity contribution is -0.143. The fraction of sp³-hybridized carbons (Fsp3) is 0.423. The number of carbonyl (C=O) groups is 3. The first-order chi connectivity index (χ1) is 15.9. The summed E-state index contributed by atoms with van der Waals surface area (Å²) in [6.07, 6.45) is 1.12. The van der Waals surface area contributed by atoms with Crippen LogP contribution in [0.1, 0.15) is 50.2 Å². The summed E-state index contributed by atoms with van der Waals surface area (Å²) in [5.74, 6) is -1.48. The Balaban J connectivity index is 1.39. The molecule has 1 fully saturated rings. The second-order valence-corrected chi connectivity index (χ2v) is 9.14. The minimum absolute atomic E-state index is 0.0654. The Kier molecular flexibility index (Phi) is 6.40. The van der Waals surface area contributed by atoms with Crippen molar-refractivity contribution in [2.45, 2.75) is 45.1 Å². The van der Waals surface area contributed by atoms with E-state index >= 15 is 0 Å². The molecule has 0 aromatic heterocycles. The van der Waals surface area contributed by atoms with Crippen molar-refractivity contribution >= 4 is 18.0 Å². The van der Waals surface area contributed by atoms with Gasteiger partial charge in [0.15, 0.2) is 0 Å². The van der Waals surface area contributed by atoms with Crippen LogP contribution >= 0.6 is 0 Å². The van der Waals surface area contributed by atoms with Crippen LogP contribution in [0.5, 0.6) is 0 Å². The Bertz CT molecular complexity index is 1020. The highest BCUT2D eigenvalue weighted by Crippen LogP contribution is 2.45. The molecule has 0 spiro atoms. The molecule has 1 saturated carbocycles. The molecule has 2 aliphatic rings. The van der Waals surface area contributed by atoms with Gasteiger partial charge < -0.3 is 20.5 Å². The molecule has 0 bridgehead atoms. The molecule has 174 valence electrons. The van der Waals surface area contributed by atoms with E-state index in [0.717, 1.165) is 22.3 Å². The number of hydrogen-bond donors (Lipinski definition) is 3. The molecule has 2 amide bonds. The summed E-state index contributed by atoms with van der Waals surface area (Å²) in [5.41, 5.74) is 3.66. The van der Waals surface area contributed by atoms with E-state index in [1.807, 2.05) is 50.2 Å². The van der Waals surface area contributed by atoms with E-state index < -0.39 is 23.5 Å². The second kappa shape index (κ2) is 9.25. The van der Waals surface area contributed by atoms with Crippen LogP contribution in [0.25, 0.3) is 11.1 Å². The molecule has 0 heterocycles. The number of carboxylic acid groups (broad SMARTS) is 1. The lowest BCUT2D eigenvalue weighted by Gasteiger charge is -2.24. The number of carboxylic acids is 1. The third-order valence-electron chi connectivity index (χ3n) is 7.02. The van der Waals surface area contributed by atoms with E-state index in [-0.39, 0.29) is 30.9 Å². The minimum atomic E-state index is -0.896. The average molecular weight is 451 g/mol. The van der Waals surface area contributed by atoms with Gasteiger partial charge in [0.2, 0.25) is 5.91 Å². The van der Waals surface area contributed by atoms with Gasteiger partial charge in [0, 0.05) is 12.5 Å². The van der Waals surface area contributed by atoms with E-state index in [1.54, 1.807) is 0 Å². The highest BCUT2D eigenvalue weighted by Gasteiger charge is 2.50. The zero-order valence-electron chi connectivity index (χ0n) is 19.0. The summed E-state index contributed by atoms with van der Waals surface area (Å²) >= 11 is 0. The molecule has 0 radical (unpaired) electrons. The van der Waals surface area contributed by atoms with E-state index in [0.29, 0.717) is 19.3 Å². The van der Waals surface area contributed by atoms with E-state index in [1.165, 1.54) is 0 Å². The van der Waals surface area contributed by atoms with Crippen LogP contribution in [-0.2, 0) is 14.3 Å². The molecule has 7 heteroatoms. The van der Waals surface area contributed by atoms with Crippen molar-refractivity contribution < 1.29 is 24.2 Å². The molecule has 0 saturated heterocycles.